The Morgan fingerprint density at radius 1 is 1.25 bits per heavy atom. The molecule has 0 saturated heterocycles. The Balaban J connectivity index is 2.59. The molecule has 1 amide bonds. The van der Waals surface area contributed by atoms with Crippen molar-refractivity contribution in [3.05, 3.63) is 24.3 Å². The number of nitrogens with two attached hydrogens (primary N) is 1. The van der Waals surface area contributed by atoms with E-state index in [1.165, 1.54) is 0 Å². The molecule has 4 N–H and O–H groups in total. The average molecular weight is 299 g/mol. The number of carbonyl (C=O) groups is 1. The van der Waals surface area contributed by atoms with Crippen LogP contribution in [0.5, 0.6) is 0 Å². The lowest BCUT2D eigenvalue weighted by Crippen LogP contribution is -2.35. The number of sulfonamides is 1. The van der Waals surface area contributed by atoms with Crippen molar-refractivity contribution in [1.29, 1.82) is 0 Å². The summed E-state index contributed by atoms with van der Waals surface area (Å²) in [5, 5.41) is 2.70. The minimum Gasteiger partial charge on any atom is -0.325 e. The van der Waals surface area contributed by atoms with Gasteiger partial charge in [-0.25, -0.2) is 8.42 Å². The molecule has 0 unspecified atom stereocenters. The van der Waals surface area contributed by atoms with Crippen molar-refractivity contribution in [1.82, 2.24) is 0 Å². The summed E-state index contributed by atoms with van der Waals surface area (Å²) in [6, 6.07) is 5.88. The Hall–Kier alpha value is -1.60. The molecule has 1 aromatic rings. The summed E-state index contributed by atoms with van der Waals surface area (Å²) in [6.45, 7) is 2.04. The van der Waals surface area contributed by atoms with Gasteiger partial charge in [-0.05, 0) is 30.7 Å². The van der Waals surface area contributed by atoms with Crippen LogP contribution < -0.4 is 15.8 Å². The maximum absolute atomic E-state index is 11.8. The van der Waals surface area contributed by atoms with E-state index in [0.29, 0.717) is 17.8 Å². The van der Waals surface area contributed by atoms with Gasteiger partial charge in [0.05, 0.1) is 12.3 Å². The second kappa shape index (κ2) is 7.25. The van der Waals surface area contributed by atoms with E-state index >= 15 is 0 Å². The maximum Gasteiger partial charge on any atom is 0.241 e. The topological polar surface area (TPSA) is 101 Å². The predicted molar refractivity (Wildman–Crippen MR) is 81.0 cm³/mol. The highest BCUT2D eigenvalue weighted by molar-refractivity contribution is 7.92. The molecule has 0 saturated carbocycles. The predicted octanol–water partition coefficient (Wildman–Crippen LogP) is 1.51. The molecular formula is C13H21N3O3S. The smallest absolute Gasteiger partial charge is 0.241 e. The molecule has 0 aliphatic heterocycles. The highest BCUT2D eigenvalue weighted by atomic mass is 32.2. The zero-order valence-corrected chi connectivity index (χ0v) is 12.5. The highest BCUT2D eigenvalue weighted by Gasteiger charge is 2.12. The van der Waals surface area contributed by atoms with Gasteiger partial charge in [0.2, 0.25) is 15.9 Å². The lowest BCUT2D eigenvalue weighted by molar-refractivity contribution is -0.117. The number of carbonyl (C=O) groups excluding carboxylic acids is 1. The molecule has 0 aliphatic carbocycles. The van der Waals surface area contributed by atoms with Gasteiger partial charge in [0.1, 0.15) is 0 Å². The zero-order chi connectivity index (χ0) is 15.2. The zero-order valence-electron chi connectivity index (χ0n) is 11.7. The lowest BCUT2D eigenvalue weighted by atomic mass is 10.1. The summed E-state index contributed by atoms with van der Waals surface area (Å²) in [5.41, 5.74) is 6.79. The van der Waals surface area contributed by atoms with Crippen molar-refractivity contribution in [3.63, 3.8) is 0 Å². The number of unbranched alkanes of at least 4 members (excludes halogenated alkanes) is 1. The second-order valence-electron chi connectivity index (χ2n) is 4.69. The van der Waals surface area contributed by atoms with E-state index in [0.717, 1.165) is 19.1 Å². The first-order valence-electron chi connectivity index (χ1n) is 6.46. The molecule has 0 fully saturated rings. The van der Waals surface area contributed by atoms with Gasteiger partial charge in [0, 0.05) is 11.4 Å². The van der Waals surface area contributed by atoms with Gasteiger partial charge >= 0.3 is 0 Å². The fourth-order valence-corrected chi connectivity index (χ4v) is 2.19. The number of anilines is 2. The molecule has 1 aromatic carbocycles. The molecule has 0 radical (unpaired) electrons. The summed E-state index contributed by atoms with van der Waals surface area (Å²) in [7, 11) is -3.29. The third-order valence-electron chi connectivity index (χ3n) is 2.66. The van der Waals surface area contributed by atoms with Gasteiger partial charge in [0.25, 0.3) is 0 Å². The summed E-state index contributed by atoms with van der Waals surface area (Å²) >= 11 is 0. The molecule has 0 heterocycles. The van der Waals surface area contributed by atoms with E-state index in [1.807, 2.05) is 6.92 Å². The Morgan fingerprint density at radius 2 is 1.80 bits per heavy atom. The molecule has 7 heteroatoms. The van der Waals surface area contributed by atoms with Gasteiger partial charge in [-0.3, -0.25) is 9.52 Å². The second-order valence-corrected chi connectivity index (χ2v) is 6.44. The third kappa shape index (κ3) is 6.03. The molecular weight excluding hydrogens is 278 g/mol. The number of hydrogen-bond donors (Lipinski definition) is 3. The Labute approximate surface area is 119 Å². The molecule has 0 aromatic heterocycles. The van der Waals surface area contributed by atoms with E-state index in [-0.39, 0.29) is 5.91 Å². The number of nitrogens with one attached hydrogen (secondary N) is 2. The van der Waals surface area contributed by atoms with E-state index in [4.69, 9.17) is 5.73 Å². The van der Waals surface area contributed by atoms with E-state index in [1.54, 1.807) is 24.3 Å². The van der Waals surface area contributed by atoms with Crippen molar-refractivity contribution >= 4 is 27.3 Å². The first-order valence-corrected chi connectivity index (χ1v) is 8.35. The van der Waals surface area contributed by atoms with Crippen LogP contribution in [0.15, 0.2) is 24.3 Å². The van der Waals surface area contributed by atoms with Crippen LogP contribution in [-0.2, 0) is 14.8 Å². The molecule has 0 aliphatic rings. The normalized spacial score (nSPS) is 12.8. The number of hydrogen-bond acceptors (Lipinski definition) is 4. The average Bonchev–Trinajstić information content (AvgIpc) is 2.36. The monoisotopic (exact) mass is 299 g/mol. The van der Waals surface area contributed by atoms with Crippen LogP contribution >= 0.6 is 0 Å². The summed E-state index contributed by atoms with van der Waals surface area (Å²) in [5.74, 6) is -0.234. The largest absolute Gasteiger partial charge is 0.325 e. The van der Waals surface area contributed by atoms with Crippen molar-refractivity contribution in [2.24, 2.45) is 5.73 Å². The van der Waals surface area contributed by atoms with Crippen LogP contribution in [0.25, 0.3) is 0 Å². The summed E-state index contributed by atoms with van der Waals surface area (Å²) in [6.07, 6.45) is 3.63. The minimum absolute atomic E-state index is 0.234. The van der Waals surface area contributed by atoms with Gasteiger partial charge in [0.15, 0.2) is 0 Å². The van der Waals surface area contributed by atoms with Gasteiger partial charge < -0.3 is 11.1 Å². The molecule has 112 valence electrons. The Bertz CT molecular complexity index is 540. The van der Waals surface area contributed by atoms with Crippen LogP contribution in [0.2, 0.25) is 0 Å². The molecule has 0 spiro atoms. The molecule has 6 nitrogen and oxygen atoms in total. The van der Waals surface area contributed by atoms with Gasteiger partial charge in [-0.15, -0.1) is 0 Å². The van der Waals surface area contributed by atoms with Crippen LogP contribution in [0, 0.1) is 0 Å². The number of amides is 1. The van der Waals surface area contributed by atoms with Crippen LogP contribution in [-0.4, -0.2) is 26.6 Å². The molecule has 0 bridgehead atoms. The molecule has 20 heavy (non-hydrogen) atoms. The van der Waals surface area contributed by atoms with Crippen molar-refractivity contribution in [2.45, 2.75) is 32.2 Å². The number of benzene rings is 1. The van der Waals surface area contributed by atoms with Crippen LogP contribution in [0.1, 0.15) is 26.2 Å². The van der Waals surface area contributed by atoms with Crippen LogP contribution in [0.3, 0.4) is 0 Å². The van der Waals surface area contributed by atoms with Crippen molar-refractivity contribution in [3.8, 4) is 0 Å². The van der Waals surface area contributed by atoms with E-state index in [9.17, 15) is 13.2 Å². The van der Waals surface area contributed by atoms with Crippen molar-refractivity contribution in [2.75, 3.05) is 16.3 Å². The van der Waals surface area contributed by atoms with Gasteiger partial charge in [-0.2, -0.15) is 0 Å². The Kier molecular flexibility index (Phi) is 5.97. The quantitative estimate of drug-likeness (QED) is 0.710. The SMILES string of the molecule is CCCC[C@H](N)C(=O)Nc1ccc(NS(C)(=O)=O)cc1. The van der Waals surface area contributed by atoms with Crippen molar-refractivity contribution < 1.29 is 13.2 Å². The van der Waals surface area contributed by atoms with E-state index < -0.39 is 16.1 Å². The third-order valence-corrected chi connectivity index (χ3v) is 3.27. The fourth-order valence-electron chi connectivity index (χ4n) is 1.63. The summed E-state index contributed by atoms with van der Waals surface area (Å²) < 4.78 is 24.5. The van der Waals surface area contributed by atoms with E-state index in [2.05, 4.69) is 10.0 Å². The maximum atomic E-state index is 11.8. The molecule has 1 atom stereocenters. The standard InChI is InChI=1S/C13H21N3O3S/c1-3-4-5-12(14)13(17)15-10-6-8-11(9-7-10)16-20(2,18)19/h6-9,12,16H,3-5,14H2,1-2H3,(H,15,17)/t12-/m0/s1. The minimum atomic E-state index is -3.29. The number of rotatable bonds is 7. The fraction of sp³-hybridized carbons (Fsp3) is 0.462. The summed E-state index contributed by atoms with van der Waals surface area (Å²) in [4.78, 5) is 11.8. The Morgan fingerprint density at radius 3 is 2.30 bits per heavy atom. The first kappa shape index (κ1) is 16.5. The highest BCUT2D eigenvalue weighted by Crippen LogP contribution is 2.15. The van der Waals surface area contributed by atoms with Gasteiger partial charge in [-0.1, -0.05) is 19.8 Å². The van der Waals surface area contributed by atoms with Crippen LogP contribution in [0.4, 0.5) is 11.4 Å². The first-order chi connectivity index (χ1) is 9.31. The lowest BCUT2D eigenvalue weighted by Gasteiger charge is -2.12. The molecule has 1 rings (SSSR count).